The van der Waals surface area contributed by atoms with Gasteiger partial charge in [0.15, 0.2) is 0 Å². The van der Waals surface area contributed by atoms with Gasteiger partial charge in [0.2, 0.25) is 15.9 Å². The topological polar surface area (TPSA) is 66.5 Å². The highest BCUT2D eigenvalue weighted by atomic mass is 32.2. The number of carbonyl (C=O) groups excluding carboxylic acids is 1. The molecular formula is C12H24N2O3S. The fraction of sp³-hybridized carbons (Fsp3) is 0.917. The molecule has 1 aliphatic heterocycles. The van der Waals surface area contributed by atoms with Crippen LogP contribution < -0.4 is 5.32 Å². The zero-order valence-corrected chi connectivity index (χ0v) is 12.0. The Balaban J connectivity index is 2.21. The first kappa shape index (κ1) is 15.4. The van der Waals surface area contributed by atoms with Crippen LogP contribution in [0.4, 0.5) is 0 Å². The number of unbranched alkanes of at least 4 members (excludes halogenated alkanes) is 2. The number of hydrogen-bond donors (Lipinski definition) is 1. The molecule has 1 saturated heterocycles. The zero-order valence-electron chi connectivity index (χ0n) is 11.2. The molecule has 0 bridgehead atoms. The molecule has 1 N–H and O–H groups in total. The van der Waals surface area contributed by atoms with Crippen LogP contribution in [-0.2, 0) is 14.8 Å². The summed E-state index contributed by atoms with van der Waals surface area (Å²) in [5, 5.41) is 2.82. The van der Waals surface area contributed by atoms with E-state index in [4.69, 9.17) is 0 Å². The van der Waals surface area contributed by atoms with Crippen LogP contribution in [0, 0.1) is 0 Å². The highest BCUT2D eigenvalue weighted by Crippen LogP contribution is 2.13. The molecule has 0 unspecified atom stereocenters. The molecule has 1 aliphatic rings. The van der Waals surface area contributed by atoms with E-state index in [-0.39, 0.29) is 18.1 Å². The number of nitrogens with zero attached hydrogens (tertiary/aromatic N) is 1. The van der Waals surface area contributed by atoms with Gasteiger partial charge in [-0.25, -0.2) is 12.7 Å². The Kier molecular flexibility index (Phi) is 6.63. The number of carbonyl (C=O) groups is 1. The minimum atomic E-state index is -3.09. The second-order valence-electron chi connectivity index (χ2n) is 4.73. The van der Waals surface area contributed by atoms with Crippen molar-refractivity contribution in [1.29, 1.82) is 0 Å². The summed E-state index contributed by atoms with van der Waals surface area (Å²) < 4.78 is 24.8. The normalized spacial score (nSPS) is 19.6. The minimum Gasteiger partial charge on any atom is -0.356 e. The molecular weight excluding hydrogens is 252 g/mol. The van der Waals surface area contributed by atoms with Crippen molar-refractivity contribution in [2.75, 3.05) is 25.4 Å². The molecule has 0 radical (unpaired) electrons. The fourth-order valence-corrected chi connectivity index (χ4v) is 3.61. The lowest BCUT2D eigenvalue weighted by Gasteiger charge is -2.25. The van der Waals surface area contributed by atoms with Crippen LogP contribution in [0.25, 0.3) is 0 Å². The van der Waals surface area contributed by atoms with Crippen molar-refractivity contribution in [2.24, 2.45) is 0 Å². The number of rotatable bonds is 7. The van der Waals surface area contributed by atoms with E-state index in [0.717, 1.165) is 32.1 Å². The van der Waals surface area contributed by atoms with Gasteiger partial charge in [0.05, 0.1) is 5.75 Å². The molecule has 0 aliphatic carbocycles. The molecule has 106 valence electrons. The zero-order chi connectivity index (χ0) is 13.4. The molecule has 1 heterocycles. The lowest BCUT2D eigenvalue weighted by atomic mass is 10.2. The molecule has 6 heteroatoms. The third kappa shape index (κ3) is 5.35. The summed E-state index contributed by atoms with van der Waals surface area (Å²) in [6, 6.07) is 0. The number of hydrogen-bond acceptors (Lipinski definition) is 3. The van der Waals surface area contributed by atoms with Gasteiger partial charge in [-0.2, -0.15) is 0 Å². The first-order valence-corrected chi connectivity index (χ1v) is 8.41. The Bertz CT molecular complexity index is 354. The summed E-state index contributed by atoms with van der Waals surface area (Å²) in [6.07, 6.45) is 5.14. The first-order valence-electron chi connectivity index (χ1n) is 6.81. The second kappa shape index (κ2) is 7.74. The van der Waals surface area contributed by atoms with E-state index in [1.165, 1.54) is 4.31 Å². The Morgan fingerprint density at radius 2 is 2.06 bits per heavy atom. The molecule has 0 aromatic carbocycles. The molecule has 18 heavy (non-hydrogen) atoms. The summed E-state index contributed by atoms with van der Waals surface area (Å²) in [4.78, 5) is 11.5. The molecule has 0 spiro atoms. The average molecular weight is 276 g/mol. The highest BCUT2D eigenvalue weighted by Gasteiger charge is 2.25. The third-order valence-electron chi connectivity index (χ3n) is 3.14. The van der Waals surface area contributed by atoms with Crippen LogP contribution in [0.3, 0.4) is 0 Å². The Morgan fingerprint density at radius 3 is 2.72 bits per heavy atom. The Hall–Kier alpha value is -0.620. The van der Waals surface area contributed by atoms with Gasteiger partial charge in [-0.3, -0.25) is 4.79 Å². The Morgan fingerprint density at radius 1 is 1.28 bits per heavy atom. The molecule has 1 amide bonds. The van der Waals surface area contributed by atoms with E-state index in [0.29, 0.717) is 19.6 Å². The molecule has 0 atom stereocenters. The number of nitrogens with one attached hydrogen (secondary N) is 1. The number of sulfonamides is 1. The van der Waals surface area contributed by atoms with Crippen molar-refractivity contribution in [3.05, 3.63) is 0 Å². The minimum absolute atomic E-state index is 0.0492. The third-order valence-corrected chi connectivity index (χ3v) is 5.10. The van der Waals surface area contributed by atoms with Crippen molar-refractivity contribution in [2.45, 2.75) is 45.4 Å². The van der Waals surface area contributed by atoms with Crippen molar-refractivity contribution in [3.63, 3.8) is 0 Å². The lowest BCUT2D eigenvalue weighted by molar-refractivity contribution is -0.121. The van der Waals surface area contributed by atoms with Crippen LogP contribution >= 0.6 is 0 Å². The fourth-order valence-electron chi connectivity index (χ4n) is 2.01. The van der Waals surface area contributed by atoms with E-state index in [1.807, 2.05) is 0 Å². The molecule has 1 rings (SSSR count). The highest BCUT2D eigenvalue weighted by molar-refractivity contribution is 7.89. The Labute approximate surface area is 110 Å². The molecule has 0 saturated carbocycles. The average Bonchev–Trinajstić information content (AvgIpc) is 2.33. The van der Waals surface area contributed by atoms with Crippen LogP contribution in [-0.4, -0.2) is 44.0 Å². The van der Waals surface area contributed by atoms with Gasteiger partial charge in [0.25, 0.3) is 0 Å². The molecule has 0 aromatic rings. The van der Waals surface area contributed by atoms with E-state index in [2.05, 4.69) is 12.2 Å². The van der Waals surface area contributed by atoms with Gasteiger partial charge in [-0.05, 0) is 19.3 Å². The van der Waals surface area contributed by atoms with Gasteiger partial charge in [0, 0.05) is 26.1 Å². The first-order chi connectivity index (χ1) is 8.56. The monoisotopic (exact) mass is 276 g/mol. The van der Waals surface area contributed by atoms with Crippen LogP contribution in [0.2, 0.25) is 0 Å². The van der Waals surface area contributed by atoms with Crippen LogP contribution in [0.1, 0.15) is 45.4 Å². The van der Waals surface area contributed by atoms with Crippen molar-refractivity contribution >= 4 is 15.9 Å². The van der Waals surface area contributed by atoms with Gasteiger partial charge < -0.3 is 5.32 Å². The largest absolute Gasteiger partial charge is 0.356 e. The summed E-state index contributed by atoms with van der Waals surface area (Å²) in [7, 11) is -3.09. The quantitative estimate of drug-likeness (QED) is 0.708. The summed E-state index contributed by atoms with van der Waals surface area (Å²) in [6.45, 7) is 3.69. The summed E-state index contributed by atoms with van der Waals surface area (Å²) in [5.74, 6) is 0.178. The summed E-state index contributed by atoms with van der Waals surface area (Å²) >= 11 is 0. The smallest absolute Gasteiger partial charge is 0.221 e. The van der Waals surface area contributed by atoms with E-state index in [1.54, 1.807) is 0 Å². The van der Waals surface area contributed by atoms with E-state index >= 15 is 0 Å². The maximum absolute atomic E-state index is 11.7. The van der Waals surface area contributed by atoms with Gasteiger partial charge in [-0.15, -0.1) is 0 Å². The van der Waals surface area contributed by atoms with Crippen LogP contribution in [0.15, 0.2) is 0 Å². The maximum atomic E-state index is 11.7. The molecule has 1 fully saturated rings. The van der Waals surface area contributed by atoms with Crippen molar-refractivity contribution in [1.82, 2.24) is 9.62 Å². The van der Waals surface area contributed by atoms with Gasteiger partial charge in [-0.1, -0.05) is 19.8 Å². The van der Waals surface area contributed by atoms with Gasteiger partial charge >= 0.3 is 0 Å². The summed E-state index contributed by atoms with van der Waals surface area (Å²) in [5.41, 5.74) is 0. The number of amides is 1. The molecule has 0 aromatic heterocycles. The standard InChI is InChI=1S/C12H24N2O3S/c1-2-3-4-8-13-12(15)7-10-14-9-5-6-11-18(14,16)17/h2-11H2,1H3,(H,13,15). The SMILES string of the molecule is CCCCCNC(=O)CCN1CCCCS1(=O)=O. The predicted octanol–water partition coefficient (Wildman–Crippen LogP) is 1.11. The van der Waals surface area contributed by atoms with Crippen molar-refractivity contribution < 1.29 is 13.2 Å². The van der Waals surface area contributed by atoms with E-state index in [9.17, 15) is 13.2 Å². The maximum Gasteiger partial charge on any atom is 0.221 e. The van der Waals surface area contributed by atoms with Crippen molar-refractivity contribution in [3.8, 4) is 0 Å². The predicted molar refractivity (Wildman–Crippen MR) is 71.7 cm³/mol. The van der Waals surface area contributed by atoms with Gasteiger partial charge in [0.1, 0.15) is 0 Å². The van der Waals surface area contributed by atoms with E-state index < -0.39 is 10.0 Å². The molecule has 5 nitrogen and oxygen atoms in total. The second-order valence-corrected chi connectivity index (χ2v) is 6.82. The lowest BCUT2D eigenvalue weighted by Crippen LogP contribution is -2.40. The van der Waals surface area contributed by atoms with Crippen LogP contribution in [0.5, 0.6) is 0 Å².